The molecule has 0 aliphatic rings. The average molecular weight is 259 g/mol. The molecule has 3 rings (SSSR count). The second kappa shape index (κ2) is 4.42. The molecule has 92 valence electrons. The third-order valence-corrected chi connectivity index (χ3v) is 3.56. The molecule has 0 saturated carbocycles. The van der Waals surface area contributed by atoms with Gasteiger partial charge in [-0.05, 0) is 31.4 Å². The molecule has 0 amide bonds. The lowest BCUT2D eigenvalue weighted by molar-refractivity contribution is 0.435. The molecular formula is C13H13N3OS. The van der Waals surface area contributed by atoms with E-state index in [-0.39, 0.29) is 0 Å². The summed E-state index contributed by atoms with van der Waals surface area (Å²) in [5.74, 6) is 0.791. The summed E-state index contributed by atoms with van der Waals surface area (Å²) in [6.07, 6.45) is 1.96. The Morgan fingerprint density at radius 3 is 2.83 bits per heavy atom. The lowest BCUT2D eigenvalue weighted by Crippen LogP contribution is -2.00. The van der Waals surface area contributed by atoms with Crippen molar-refractivity contribution in [3.8, 4) is 22.0 Å². The van der Waals surface area contributed by atoms with E-state index in [1.54, 1.807) is 11.3 Å². The number of nitrogens with zero attached hydrogens (tertiary/aromatic N) is 3. The van der Waals surface area contributed by atoms with Crippen LogP contribution in [-0.4, -0.2) is 14.9 Å². The summed E-state index contributed by atoms with van der Waals surface area (Å²) in [5.41, 5.74) is 1.62. The van der Waals surface area contributed by atoms with Crippen molar-refractivity contribution < 1.29 is 4.52 Å². The fourth-order valence-corrected chi connectivity index (χ4v) is 2.37. The van der Waals surface area contributed by atoms with Crippen LogP contribution in [-0.2, 0) is 0 Å². The van der Waals surface area contributed by atoms with E-state index in [1.165, 1.54) is 0 Å². The van der Waals surface area contributed by atoms with E-state index in [1.807, 2.05) is 40.5 Å². The maximum Gasteiger partial charge on any atom is 0.177 e. The first-order valence-electron chi connectivity index (χ1n) is 5.80. The highest BCUT2D eigenvalue weighted by Crippen LogP contribution is 2.28. The maximum atomic E-state index is 5.34. The lowest BCUT2D eigenvalue weighted by Gasteiger charge is -2.02. The summed E-state index contributed by atoms with van der Waals surface area (Å²) in [5, 5.41) is 10.6. The monoisotopic (exact) mass is 259 g/mol. The molecule has 5 heteroatoms. The smallest absolute Gasteiger partial charge is 0.177 e. The fourth-order valence-electron chi connectivity index (χ4n) is 1.69. The zero-order chi connectivity index (χ0) is 12.5. The molecular weight excluding hydrogens is 246 g/mol. The highest BCUT2D eigenvalue weighted by atomic mass is 32.1. The molecule has 0 radical (unpaired) electrons. The van der Waals surface area contributed by atoms with Gasteiger partial charge >= 0.3 is 0 Å². The first-order chi connectivity index (χ1) is 8.74. The van der Waals surface area contributed by atoms with Gasteiger partial charge in [-0.2, -0.15) is 5.10 Å². The molecule has 18 heavy (non-hydrogen) atoms. The van der Waals surface area contributed by atoms with E-state index in [0.29, 0.717) is 6.04 Å². The summed E-state index contributed by atoms with van der Waals surface area (Å²) in [4.78, 5) is 1.08. The molecule has 0 fully saturated rings. The largest absolute Gasteiger partial charge is 0.355 e. The van der Waals surface area contributed by atoms with Crippen LogP contribution >= 0.6 is 11.3 Å². The number of rotatable bonds is 3. The molecule has 0 unspecified atom stereocenters. The Morgan fingerprint density at radius 2 is 2.17 bits per heavy atom. The molecule has 0 atom stereocenters. The Hall–Kier alpha value is -1.88. The highest BCUT2D eigenvalue weighted by Gasteiger charge is 2.12. The van der Waals surface area contributed by atoms with Gasteiger partial charge in [0, 0.05) is 18.3 Å². The van der Waals surface area contributed by atoms with Gasteiger partial charge in [-0.15, -0.1) is 11.3 Å². The molecule has 0 spiro atoms. The molecule has 0 aromatic carbocycles. The molecule has 0 aliphatic carbocycles. The van der Waals surface area contributed by atoms with Gasteiger partial charge in [-0.1, -0.05) is 11.2 Å². The van der Waals surface area contributed by atoms with E-state index in [2.05, 4.69) is 24.1 Å². The first-order valence-corrected chi connectivity index (χ1v) is 6.68. The summed E-state index contributed by atoms with van der Waals surface area (Å²) in [7, 11) is 0. The quantitative estimate of drug-likeness (QED) is 0.717. The zero-order valence-electron chi connectivity index (χ0n) is 10.2. The Kier molecular flexibility index (Phi) is 2.76. The van der Waals surface area contributed by atoms with Crippen LogP contribution in [0.25, 0.3) is 22.0 Å². The summed E-state index contributed by atoms with van der Waals surface area (Å²) >= 11 is 1.64. The van der Waals surface area contributed by atoms with Crippen LogP contribution in [0.4, 0.5) is 0 Å². The predicted octanol–water partition coefficient (Wildman–Crippen LogP) is 3.85. The Morgan fingerprint density at radius 1 is 1.28 bits per heavy atom. The Labute approximate surface area is 109 Å². The molecule has 4 nitrogen and oxygen atoms in total. The molecule has 3 aromatic rings. The van der Waals surface area contributed by atoms with Crippen molar-refractivity contribution in [3.63, 3.8) is 0 Å². The van der Waals surface area contributed by atoms with Crippen molar-refractivity contribution >= 4 is 11.3 Å². The van der Waals surface area contributed by atoms with Crippen molar-refractivity contribution in [2.24, 2.45) is 0 Å². The van der Waals surface area contributed by atoms with Crippen LogP contribution in [0.1, 0.15) is 19.9 Å². The molecule has 3 aromatic heterocycles. The van der Waals surface area contributed by atoms with Crippen molar-refractivity contribution in [2.45, 2.75) is 19.9 Å². The minimum Gasteiger partial charge on any atom is -0.355 e. The van der Waals surface area contributed by atoms with Crippen LogP contribution in [0.5, 0.6) is 0 Å². The molecule has 0 saturated heterocycles. The fraction of sp³-hybridized carbons (Fsp3) is 0.231. The van der Waals surface area contributed by atoms with Gasteiger partial charge in [-0.25, -0.2) is 0 Å². The third kappa shape index (κ3) is 1.97. The minimum absolute atomic E-state index is 0.349. The van der Waals surface area contributed by atoms with Gasteiger partial charge in [0.05, 0.1) is 4.88 Å². The summed E-state index contributed by atoms with van der Waals surface area (Å²) in [6.45, 7) is 4.19. The standard InChI is InChI=1S/C13H13N3OS/c1-9(2)16-6-5-10(14-16)11-8-12(17-15-11)13-4-3-7-18-13/h3-9H,1-2H3. The van der Waals surface area contributed by atoms with Gasteiger partial charge < -0.3 is 4.52 Å². The van der Waals surface area contributed by atoms with Crippen molar-refractivity contribution in [2.75, 3.05) is 0 Å². The first kappa shape index (κ1) is 11.2. The summed E-state index contributed by atoms with van der Waals surface area (Å²) < 4.78 is 7.26. The van der Waals surface area contributed by atoms with E-state index in [0.717, 1.165) is 22.0 Å². The number of hydrogen-bond donors (Lipinski definition) is 0. The average Bonchev–Trinajstić information content (AvgIpc) is 3.10. The highest BCUT2D eigenvalue weighted by molar-refractivity contribution is 7.13. The molecule has 0 aliphatic heterocycles. The van der Waals surface area contributed by atoms with Gasteiger partial charge in [0.25, 0.3) is 0 Å². The minimum atomic E-state index is 0.349. The normalized spacial score (nSPS) is 11.3. The van der Waals surface area contributed by atoms with Crippen LogP contribution in [0.2, 0.25) is 0 Å². The topological polar surface area (TPSA) is 43.9 Å². The van der Waals surface area contributed by atoms with Crippen LogP contribution in [0.3, 0.4) is 0 Å². The van der Waals surface area contributed by atoms with Gasteiger partial charge in [-0.3, -0.25) is 4.68 Å². The van der Waals surface area contributed by atoms with Crippen molar-refractivity contribution in [1.29, 1.82) is 0 Å². The Bertz CT molecular complexity index is 637. The van der Waals surface area contributed by atoms with E-state index < -0.39 is 0 Å². The van der Waals surface area contributed by atoms with Gasteiger partial charge in [0.1, 0.15) is 11.4 Å². The predicted molar refractivity (Wildman–Crippen MR) is 71.4 cm³/mol. The van der Waals surface area contributed by atoms with E-state index >= 15 is 0 Å². The summed E-state index contributed by atoms with van der Waals surface area (Å²) in [6, 6.07) is 8.24. The number of hydrogen-bond acceptors (Lipinski definition) is 4. The molecule has 0 bridgehead atoms. The van der Waals surface area contributed by atoms with Gasteiger partial charge in [0.15, 0.2) is 5.76 Å². The van der Waals surface area contributed by atoms with Crippen molar-refractivity contribution in [3.05, 3.63) is 35.8 Å². The second-order valence-corrected chi connectivity index (χ2v) is 5.28. The SMILES string of the molecule is CC(C)n1ccc(-c2cc(-c3cccs3)on2)n1. The van der Waals surface area contributed by atoms with Crippen molar-refractivity contribution in [1.82, 2.24) is 14.9 Å². The van der Waals surface area contributed by atoms with Crippen LogP contribution < -0.4 is 0 Å². The zero-order valence-corrected chi connectivity index (χ0v) is 11.0. The van der Waals surface area contributed by atoms with Crippen LogP contribution in [0.15, 0.2) is 40.4 Å². The Balaban J connectivity index is 1.93. The van der Waals surface area contributed by atoms with E-state index in [9.17, 15) is 0 Å². The molecule has 3 heterocycles. The van der Waals surface area contributed by atoms with Crippen LogP contribution in [0, 0.1) is 0 Å². The second-order valence-electron chi connectivity index (χ2n) is 4.33. The maximum absolute atomic E-state index is 5.34. The van der Waals surface area contributed by atoms with E-state index in [4.69, 9.17) is 4.52 Å². The third-order valence-electron chi connectivity index (χ3n) is 2.67. The number of aromatic nitrogens is 3. The lowest BCUT2D eigenvalue weighted by atomic mass is 10.3. The molecule has 0 N–H and O–H groups in total. The number of thiophene rings is 1. The van der Waals surface area contributed by atoms with Gasteiger partial charge in [0.2, 0.25) is 0 Å².